The number of benzene rings is 2. The van der Waals surface area contributed by atoms with Crippen molar-refractivity contribution in [3.63, 3.8) is 0 Å². The van der Waals surface area contributed by atoms with Gasteiger partial charge in [-0.05, 0) is 29.8 Å². The lowest BCUT2D eigenvalue weighted by molar-refractivity contribution is 0.0849. The van der Waals surface area contributed by atoms with Crippen LogP contribution in [0, 0.1) is 0 Å². The van der Waals surface area contributed by atoms with Crippen LogP contribution in [-0.4, -0.2) is 31.9 Å². The van der Waals surface area contributed by atoms with Gasteiger partial charge in [0.15, 0.2) is 23.4 Å². The van der Waals surface area contributed by atoms with Gasteiger partial charge in [-0.2, -0.15) is 10.1 Å². The summed E-state index contributed by atoms with van der Waals surface area (Å²) in [6.45, 7) is 0.287. The molecule has 0 spiro atoms. The lowest BCUT2D eigenvalue weighted by Crippen LogP contribution is -2.23. The van der Waals surface area contributed by atoms with Gasteiger partial charge in [-0.25, -0.2) is 4.98 Å². The number of aromatic amines is 1. The fourth-order valence-corrected chi connectivity index (χ4v) is 3.01. The lowest BCUT2D eigenvalue weighted by atomic mass is 10.1. The van der Waals surface area contributed by atoms with Crippen molar-refractivity contribution in [3.8, 4) is 28.5 Å². The Bertz CT molecular complexity index is 1100. The molecule has 7 nitrogen and oxygen atoms in total. The Morgan fingerprint density at radius 3 is 2.77 bits per heavy atom. The van der Waals surface area contributed by atoms with Crippen LogP contribution >= 0.6 is 0 Å². The Labute approximate surface area is 148 Å². The zero-order valence-electron chi connectivity index (χ0n) is 13.6. The zero-order valence-corrected chi connectivity index (χ0v) is 13.6. The summed E-state index contributed by atoms with van der Waals surface area (Å²) < 4.78 is 11.6. The van der Waals surface area contributed by atoms with Gasteiger partial charge >= 0.3 is 0 Å². The number of nitrogens with zero attached hydrogens (tertiary/aromatic N) is 3. The maximum absolute atomic E-state index is 10.4. The van der Waals surface area contributed by atoms with Crippen LogP contribution in [0.25, 0.3) is 22.0 Å². The number of ether oxygens (including phenoxy) is 2. The number of nitrogens with one attached hydrogen (secondary N) is 1. The van der Waals surface area contributed by atoms with E-state index in [0.717, 1.165) is 11.1 Å². The van der Waals surface area contributed by atoms with Gasteiger partial charge in [0.2, 0.25) is 5.88 Å². The minimum absolute atomic E-state index is 0.0854. The molecule has 128 valence electrons. The number of hydrogen-bond donors (Lipinski definition) is 2. The number of hydrogen-bond acceptors (Lipinski definition) is 6. The van der Waals surface area contributed by atoms with Crippen molar-refractivity contribution in [1.82, 2.24) is 20.2 Å². The highest BCUT2D eigenvalue weighted by Crippen LogP contribution is 2.36. The molecule has 0 radical (unpaired) electrons. The highest BCUT2D eigenvalue weighted by atomic mass is 16.6. The molecule has 3 heterocycles. The second-order valence-corrected chi connectivity index (χ2v) is 5.99. The second kappa shape index (κ2) is 5.73. The third-order valence-corrected chi connectivity index (χ3v) is 4.32. The van der Waals surface area contributed by atoms with Crippen LogP contribution in [0.4, 0.5) is 0 Å². The van der Waals surface area contributed by atoms with Crippen LogP contribution in [0.3, 0.4) is 0 Å². The van der Waals surface area contributed by atoms with Crippen molar-refractivity contribution in [2.24, 2.45) is 0 Å². The number of aromatic hydroxyl groups is 1. The molecular weight excluding hydrogens is 332 g/mol. The van der Waals surface area contributed by atoms with E-state index in [9.17, 15) is 5.11 Å². The number of fused-ring (bicyclic) bond motifs is 2. The van der Waals surface area contributed by atoms with Gasteiger partial charge in [-0.1, -0.05) is 18.2 Å². The summed E-state index contributed by atoms with van der Waals surface area (Å²) in [6.07, 6.45) is 3.03. The Hall–Kier alpha value is -3.61. The number of rotatable bonds is 2. The van der Waals surface area contributed by atoms with Crippen molar-refractivity contribution >= 4 is 10.9 Å². The molecule has 1 aliphatic heterocycles. The van der Waals surface area contributed by atoms with Gasteiger partial charge in [0.25, 0.3) is 0 Å². The quantitative estimate of drug-likeness (QED) is 0.579. The first-order chi connectivity index (χ1) is 12.8. The second-order valence-electron chi connectivity index (χ2n) is 5.99. The first-order valence-corrected chi connectivity index (χ1v) is 8.16. The molecule has 0 unspecified atom stereocenters. The third-order valence-electron chi connectivity index (χ3n) is 4.32. The van der Waals surface area contributed by atoms with E-state index in [1.165, 1.54) is 0 Å². The average molecular weight is 346 g/mol. The van der Waals surface area contributed by atoms with Gasteiger partial charge < -0.3 is 14.6 Å². The first-order valence-electron chi connectivity index (χ1n) is 8.16. The Kier molecular flexibility index (Phi) is 3.24. The molecule has 0 bridgehead atoms. The van der Waals surface area contributed by atoms with Gasteiger partial charge in [-0.15, -0.1) is 0 Å². The standard InChI is InChI=1S/C19H14N4O3/c24-19-13-7-11(12-8-20-21-9-12)5-6-14(13)22-18(23-19)17-10-25-15-3-1-2-4-16(15)26-17/h1-9,17H,10H2,(H,20,21)(H,22,23,24)/t17-/m0/s1. The van der Waals surface area contributed by atoms with Crippen molar-refractivity contribution in [2.45, 2.75) is 6.10 Å². The van der Waals surface area contributed by atoms with E-state index in [1.807, 2.05) is 42.5 Å². The molecule has 0 amide bonds. The Morgan fingerprint density at radius 2 is 1.92 bits per heavy atom. The first kappa shape index (κ1) is 14.7. The van der Waals surface area contributed by atoms with Gasteiger partial charge in [0.1, 0.15) is 6.61 Å². The molecule has 0 saturated heterocycles. The lowest BCUT2D eigenvalue weighted by Gasteiger charge is -2.25. The summed E-state index contributed by atoms with van der Waals surface area (Å²) in [5.41, 5.74) is 2.49. The molecule has 1 atom stereocenters. The van der Waals surface area contributed by atoms with E-state index in [1.54, 1.807) is 12.4 Å². The molecule has 2 aromatic carbocycles. The molecule has 5 rings (SSSR count). The maximum atomic E-state index is 10.4. The smallest absolute Gasteiger partial charge is 0.222 e. The normalized spacial score (nSPS) is 15.9. The highest BCUT2D eigenvalue weighted by Gasteiger charge is 2.25. The van der Waals surface area contributed by atoms with Crippen molar-refractivity contribution in [1.29, 1.82) is 0 Å². The van der Waals surface area contributed by atoms with Crippen LogP contribution in [0.1, 0.15) is 11.9 Å². The molecule has 0 fully saturated rings. The fourth-order valence-electron chi connectivity index (χ4n) is 3.01. The van der Waals surface area contributed by atoms with E-state index in [2.05, 4.69) is 20.2 Å². The molecule has 1 aliphatic rings. The zero-order chi connectivity index (χ0) is 17.5. The number of para-hydroxylation sites is 2. The van der Waals surface area contributed by atoms with E-state index in [0.29, 0.717) is 28.2 Å². The SMILES string of the molecule is Oc1nc([C@@H]2COc3ccccc3O2)nc2ccc(-c3cn[nH]c3)cc12. The summed E-state index contributed by atoms with van der Waals surface area (Å²) in [6, 6.07) is 13.1. The molecule has 0 aliphatic carbocycles. The monoisotopic (exact) mass is 346 g/mol. The third kappa shape index (κ3) is 2.41. The van der Waals surface area contributed by atoms with Crippen molar-refractivity contribution in [2.75, 3.05) is 6.61 Å². The number of H-pyrrole nitrogens is 1. The highest BCUT2D eigenvalue weighted by molar-refractivity contribution is 5.87. The van der Waals surface area contributed by atoms with E-state index >= 15 is 0 Å². The molecular formula is C19H14N4O3. The molecule has 4 aromatic rings. The minimum atomic E-state index is -0.478. The summed E-state index contributed by atoms with van der Waals surface area (Å²) >= 11 is 0. The average Bonchev–Trinajstić information content (AvgIpc) is 3.22. The summed E-state index contributed by atoms with van der Waals surface area (Å²) in [5, 5.41) is 17.7. The van der Waals surface area contributed by atoms with Crippen molar-refractivity contribution in [3.05, 3.63) is 60.7 Å². The van der Waals surface area contributed by atoms with Crippen LogP contribution in [0.2, 0.25) is 0 Å². The molecule has 26 heavy (non-hydrogen) atoms. The van der Waals surface area contributed by atoms with Gasteiger partial charge in [-0.3, -0.25) is 5.10 Å². The Balaban J connectivity index is 1.53. The molecule has 2 aromatic heterocycles. The molecule has 7 heteroatoms. The summed E-state index contributed by atoms with van der Waals surface area (Å²) in [5.74, 6) is 1.64. The predicted octanol–water partition coefficient (Wildman–Crippen LogP) is 3.24. The van der Waals surface area contributed by atoms with Gasteiger partial charge in [0, 0.05) is 11.8 Å². The molecule has 2 N–H and O–H groups in total. The fraction of sp³-hybridized carbons (Fsp3) is 0.105. The van der Waals surface area contributed by atoms with Gasteiger partial charge in [0.05, 0.1) is 17.1 Å². The summed E-state index contributed by atoms with van der Waals surface area (Å²) in [7, 11) is 0. The van der Waals surface area contributed by atoms with Crippen LogP contribution in [0.5, 0.6) is 17.4 Å². The van der Waals surface area contributed by atoms with Crippen molar-refractivity contribution < 1.29 is 14.6 Å². The molecule has 0 saturated carbocycles. The predicted molar refractivity (Wildman–Crippen MR) is 94.1 cm³/mol. The number of aromatic nitrogens is 4. The van der Waals surface area contributed by atoms with E-state index in [4.69, 9.17) is 9.47 Å². The largest absolute Gasteiger partial charge is 0.493 e. The van der Waals surface area contributed by atoms with Crippen LogP contribution in [-0.2, 0) is 0 Å². The minimum Gasteiger partial charge on any atom is -0.493 e. The van der Waals surface area contributed by atoms with E-state index in [-0.39, 0.29) is 12.5 Å². The summed E-state index contributed by atoms with van der Waals surface area (Å²) in [4.78, 5) is 8.79. The Morgan fingerprint density at radius 1 is 1.04 bits per heavy atom. The maximum Gasteiger partial charge on any atom is 0.222 e. The van der Waals surface area contributed by atoms with Crippen LogP contribution < -0.4 is 9.47 Å². The van der Waals surface area contributed by atoms with E-state index < -0.39 is 6.10 Å². The topological polar surface area (TPSA) is 93.2 Å². The van der Waals surface area contributed by atoms with Crippen LogP contribution in [0.15, 0.2) is 54.9 Å².